The maximum absolute atomic E-state index is 4.93. The van der Waals surface area contributed by atoms with Crippen LogP contribution < -0.4 is 0 Å². The quantitative estimate of drug-likeness (QED) is 0.484. The molecule has 0 aliphatic heterocycles. The Bertz CT molecular complexity index is 46.1. The van der Waals surface area contributed by atoms with Crippen LogP contribution in [0.3, 0.4) is 0 Å². The van der Waals surface area contributed by atoms with Gasteiger partial charge in [0.1, 0.15) is 7.11 Å². The molecule has 0 amide bonds. The van der Waals surface area contributed by atoms with Crippen molar-refractivity contribution in [3.8, 4) is 0 Å². The van der Waals surface area contributed by atoms with Crippen molar-refractivity contribution in [1.82, 2.24) is 0 Å². The fraction of sp³-hybridized carbons (Fsp3) is 0.833. The van der Waals surface area contributed by atoms with Gasteiger partial charge in [-0.2, -0.15) is 0 Å². The third kappa shape index (κ3) is 1.16. The highest BCUT2D eigenvalue weighted by atomic mass is 16.5. The lowest BCUT2D eigenvalue weighted by molar-refractivity contribution is 0.145. The lowest BCUT2D eigenvalue weighted by Crippen LogP contribution is -1.99. The zero-order chi connectivity index (χ0) is 5.11. The van der Waals surface area contributed by atoms with Crippen LogP contribution in [0.5, 0.6) is 0 Å². The number of rotatable bonds is 1. The molecule has 1 aliphatic rings. The van der Waals surface area contributed by atoms with E-state index in [0.717, 1.165) is 12.8 Å². The standard InChI is InChI=1S/C6H10O/c1-7-6-4-2-3-5-6/h1,6H,2-5H2. The maximum atomic E-state index is 4.93. The molecule has 1 saturated carbocycles. The van der Waals surface area contributed by atoms with Gasteiger partial charge < -0.3 is 4.74 Å². The highest BCUT2D eigenvalue weighted by Gasteiger charge is 2.12. The predicted octanol–water partition coefficient (Wildman–Crippen LogP) is 1.61. The van der Waals surface area contributed by atoms with Gasteiger partial charge in [0, 0.05) is 0 Å². The molecule has 1 nitrogen and oxygen atoms in total. The van der Waals surface area contributed by atoms with Gasteiger partial charge >= 0.3 is 0 Å². The number of ether oxygens (including phenoxy) is 1. The first-order valence-electron chi connectivity index (χ1n) is 2.79. The summed E-state index contributed by atoms with van der Waals surface area (Å²) < 4.78 is 4.61. The molecule has 0 atom stereocenters. The Kier molecular flexibility index (Phi) is 1.69. The zero-order valence-electron chi connectivity index (χ0n) is 4.39. The summed E-state index contributed by atoms with van der Waals surface area (Å²) in [7, 11) is 4.93. The molecule has 1 aliphatic carbocycles. The lowest BCUT2D eigenvalue weighted by atomic mass is 10.3. The third-order valence-electron chi connectivity index (χ3n) is 1.49. The second-order valence-corrected chi connectivity index (χ2v) is 2.04. The van der Waals surface area contributed by atoms with E-state index in [0.29, 0.717) is 6.10 Å². The summed E-state index contributed by atoms with van der Waals surface area (Å²) in [6, 6.07) is 0. The molecule has 0 N–H and O–H groups in total. The molecule has 0 bridgehead atoms. The van der Waals surface area contributed by atoms with Crippen LogP contribution in [0.15, 0.2) is 0 Å². The molecule has 0 spiro atoms. The highest BCUT2D eigenvalue weighted by Crippen LogP contribution is 2.19. The van der Waals surface area contributed by atoms with Gasteiger partial charge in [0.2, 0.25) is 0 Å². The minimum atomic E-state index is 0.375. The van der Waals surface area contributed by atoms with Gasteiger partial charge in [-0.1, -0.05) is 12.8 Å². The monoisotopic (exact) mass is 98.1 g/mol. The first-order chi connectivity index (χ1) is 3.43. The Morgan fingerprint density at radius 2 is 1.86 bits per heavy atom. The topological polar surface area (TPSA) is 9.23 Å². The van der Waals surface area contributed by atoms with Crippen molar-refractivity contribution in [1.29, 1.82) is 0 Å². The Hall–Kier alpha value is -0.0400. The van der Waals surface area contributed by atoms with Crippen molar-refractivity contribution in [2.75, 3.05) is 0 Å². The van der Waals surface area contributed by atoms with E-state index in [1.165, 1.54) is 12.8 Å². The van der Waals surface area contributed by atoms with Gasteiger partial charge in [-0.25, -0.2) is 0 Å². The van der Waals surface area contributed by atoms with Crippen molar-refractivity contribution in [2.45, 2.75) is 31.8 Å². The van der Waals surface area contributed by atoms with Gasteiger partial charge in [-0.3, -0.25) is 0 Å². The Labute approximate surface area is 44.7 Å². The van der Waals surface area contributed by atoms with Gasteiger partial charge in [0.25, 0.3) is 0 Å². The normalized spacial score (nSPS) is 23.6. The first-order valence-corrected chi connectivity index (χ1v) is 2.79. The van der Waals surface area contributed by atoms with E-state index in [1.54, 1.807) is 0 Å². The summed E-state index contributed by atoms with van der Waals surface area (Å²) in [5.74, 6) is 0. The molecule has 0 aromatic carbocycles. The first kappa shape index (κ1) is 5.10. The Balaban J connectivity index is 2.14. The molecule has 0 heterocycles. The second-order valence-electron chi connectivity index (χ2n) is 2.04. The smallest absolute Gasteiger partial charge is 0.115 e. The molecular weight excluding hydrogens is 88.1 g/mol. The minimum Gasteiger partial charge on any atom is -0.369 e. The van der Waals surface area contributed by atoms with Crippen molar-refractivity contribution in [2.24, 2.45) is 0 Å². The molecule has 0 aromatic rings. The van der Waals surface area contributed by atoms with E-state index in [-0.39, 0.29) is 0 Å². The molecule has 0 saturated heterocycles. The molecule has 0 aromatic heterocycles. The van der Waals surface area contributed by atoms with E-state index in [2.05, 4.69) is 4.74 Å². The summed E-state index contributed by atoms with van der Waals surface area (Å²) in [4.78, 5) is 0. The van der Waals surface area contributed by atoms with Crippen LogP contribution in [0.4, 0.5) is 0 Å². The summed E-state index contributed by atoms with van der Waals surface area (Å²) in [6.07, 6.45) is 5.29. The van der Waals surface area contributed by atoms with E-state index in [1.807, 2.05) is 0 Å². The number of hydrogen-bond acceptors (Lipinski definition) is 1. The van der Waals surface area contributed by atoms with Crippen LogP contribution >= 0.6 is 0 Å². The largest absolute Gasteiger partial charge is 0.369 e. The van der Waals surface area contributed by atoms with Crippen molar-refractivity contribution in [3.63, 3.8) is 0 Å². The Morgan fingerprint density at radius 1 is 1.29 bits per heavy atom. The molecule has 0 unspecified atom stereocenters. The van der Waals surface area contributed by atoms with Crippen LogP contribution in [0.2, 0.25) is 0 Å². The predicted molar refractivity (Wildman–Crippen MR) is 27.6 cm³/mol. The summed E-state index contributed by atoms with van der Waals surface area (Å²) in [6.45, 7) is 0. The van der Waals surface area contributed by atoms with E-state index in [9.17, 15) is 0 Å². The fourth-order valence-electron chi connectivity index (χ4n) is 1.02. The van der Waals surface area contributed by atoms with Crippen molar-refractivity contribution < 1.29 is 4.74 Å². The van der Waals surface area contributed by atoms with Crippen LogP contribution in [-0.2, 0) is 4.74 Å². The minimum absolute atomic E-state index is 0.375. The molecule has 1 rings (SSSR count). The SMILES string of the molecule is [CH]OC1CCCC1. The van der Waals surface area contributed by atoms with Crippen LogP contribution in [0.25, 0.3) is 0 Å². The molecular formula is C6H10O. The van der Waals surface area contributed by atoms with Crippen LogP contribution in [-0.4, -0.2) is 6.10 Å². The van der Waals surface area contributed by atoms with Gasteiger partial charge in [-0.15, -0.1) is 0 Å². The molecule has 2 radical (unpaired) electrons. The summed E-state index contributed by atoms with van der Waals surface area (Å²) >= 11 is 0. The van der Waals surface area contributed by atoms with E-state index >= 15 is 0 Å². The van der Waals surface area contributed by atoms with E-state index in [4.69, 9.17) is 7.11 Å². The van der Waals surface area contributed by atoms with Crippen LogP contribution in [0.1, 0.15) is 25.7 Å². The lowest BCUT2D eigenvalue weighted by Gasteiger charge is -2.01. The van der Waals surface area contributed by atoms with Gasteiger partial charge in [-0.05, 0) is 12.8 Å². The fourth-order valence-corrected chi connectivity index (χ4v) is 1.02. The second kappa shape index (κ2) is 2.31. The number of hydrogen-bond donors (Lipinski definition) is 0. The Morgan fingerprint density at radius 3 is 2.14 bits per heavy atom. The average Bonchev–Trinajstić information content (AvgIpc) is 2.14. The highest BCUT2D eigenvalue weighted by molar-refractivity contribution is 4.65. The zero-order valence-corrected chi connectivity index (χ0v) is 4.39. The molecule has 40 valence electrons. The van der Waals surface area contributed by atoms with Gasteiger partial charge in [0.05, 0.1) is 6.10 Å². The van der Waals surface area contributed by atoms with Crippen molar-refractivity contribution in [3.05, 3.63) is 7.11 Å². The third-order valence-corrected chi connectivity index (χ3v) is 1.49. The van der Waals surface area contributed by atoms with E-state index < -0.39 is 0 Å². The van der Waals surface area contributed by atoms with Gasteiger partial charge in [0.15, 0.2) is 0 Å². The van der Waals surface area contributed by atoms with Crippen LogP contribution in [0, 0.1) is 7.11 Å². The summed E-state index contributed by atoms with van der Waals surface area (Å²) in [5.41, 5.74) is 0. The molecule has 1 fully saturated rings. The van der Waals surface area contributed by atoms with Crippen molar-refractivity contribution >= 4 is 0 Å². The average molecular weight is 98.1 g/mol. The molecule has 7 heavy (non-hydrogen) atoms. The maximum Gasteiger partial charge on any atom is 0.115 e. The molecule has 1 heteroatoms. The summed E-state index contributed by atoms with van der Waals surface area (Å²) in [5, 5.41) is 0.